The Labute approximate surface area is 260 Å². The Morgan fingerprint density at radius 2 is 1.79 bits per heavy atom. The molecule has 0 aliphatic carbocycles. The quantitative estimate of drug-likeness (QED) is 0.213. The number of nitrogens with one attached hydrogen (secondary N) is 1. The lowest BCUT2D eigenvalue weighted by molar-refractivity contribution is -0.144. The van der Waals surface area contributed by atoms with Gasteiger partial charge in [0.15, 0.2) is 5.69 Å². The maximum Gasteiger partial charge on any atom is 0.320 e. The molecule has 0 saturated heterocycles. The van der Waals surface area contributed by atoms with Crippen molar-refractivity contribution < 1.29 is 19.1 Å². The zero-order valence-corrected chi connectivity index (χ0v) is 25.7. The Morgan fingerprint density at radius 3 is 2.47 bits per heavy atom. The zero-order chi connectivity index (χ0) is 30.5. The highest BCUT2D eigenvalue weighted by Crippen LogP contribution is 2.36. The number of rotatable bonds is 9. The number of hydrogen-bond donors (Lipinski definition) is 1. The minimum atomic E-state index is -0.341. The van der Waals surface area contributed by atoms with Crippen LogP contribution in [0.25, 0.3) is 17.3 Å². The van der Waals surface area contributed by atoms with E-state index in [0.29, 0.717) is 34.4 Å². The lowest BCUT2D eigenvalue weighted by Gasteiger charge is -2.29. The van der Waals surface area contributed by atoms with Crippen LogP contribution in [-0.4, -0.2) is 53.4 Å². The van der Waals surface area contributed by atoms with Crippen molar-refractivity contribution in [1.82, 2.24) is 20.0 Å². The van der Waals surface area contributed by atoms with E-state index in [4.69, 9.17) is 37.8 Å². The number of carbonyl (C=O) groups is 2. The van der Waals surface area contributed by atoms with Crippen LogP contribution in [0.1, 0.15) is 52.8 Å². The molecule has 0 bridgehead atoms. The molecule has 0 fully saturated rings. The number of fused-ring (bicyclic) bond motifs is 1. The van der Waals surface area contributed by atoms with Crippen LogP contribution in [0, 0.1) is 0 Å². The summed E-state index contributed by atoms with van der Waals surface area (Å²) in [5.74, 6) is 0.0599. The second kappa shape index (κ2) is 13.5. The summed E-state index contributed by atoms with van der Waals surface area (Å²) in [5.41, 5.74) is 4.98. The Kier molecular flexibility index (Phi) is 9.50. The highest BCUT2D eigenvalue weighted by atomic mass is 35.5. The Balaban J connectivity index is 1.65. The Bertz CT molecular complexity index is 1650. The molecule has 222 valence electrons. The summed E-state index contributed by atoms with van der Waals surface area (Å²) in [6.45, 7) is 4.76. The van der Waals surface area contributed by atoms with E-state index in [1.165, 1.54) is 0 Å². The molecule has 2 heterocycles. The molecule has 0 spiro atoms. The number of esters is 1. The van der Waals surface area contributed by atoms with Crippen molar-refractivity contribution in [2.24, 2.45) is 0 Å². The number of hydrogen-bond acceptors (Lipinski definition) is 6. The van der Waals surface area contributed by atoms with Crippen molar-refractivity contribution in [3.05, 3.63) is 111 Å². The standard InChI is InChI=1S/C33H32Cl2N4O4/c1-4-43-30(40)20-38-18-24(16-22-10-13-26(42-3)14-11-22)32-27(19-38)31(33(41)36-21(2)23-8-6-5-7-9-23)37-39(32)29-15-12-25(34)17-28(29)35/h5-17,21H,4,18-20H2,1-3H3,(H,36,41). The SMILES string of the molecule is CCOC(=O)CN1CC(=Cc2ccc(OC)cc2)c2c(c(C(=O)NC(C)c3ccccc3)nn2-c2ccc(Cl)cc2Cl)C1. The average Bonchev–Trinajstić information content (AvgIpc) is 3.37. The number of nitrogens with zero attached hydrogens (tertiary/aromatic N) is 3. The molecular formula is C33H32Cl2N4O4. The number of aromatic nitrogens is 2. The van der Waals surface area contributed by atoms with Crippen LogP contribution in [0.3, 0.4) is 0 Å². The van der Waals surface area contributed by atoms with Crippen LogP contribution < -0.4 is 10.1 Å². The third-order valence-electron chi connectivity index (χ3n) is 7.18. The third kappa shape index (κ3) is 6.94. The van der Waals surface area contributed by atoms with E-state index in [1.807, 2.05) is 72.5 Å². The lowest BCUT2D eigenvalue weighted by atomic mass is 9.97. The van der Waals surface area contributed by atoms with Gasteiger partial charge in [0.2, 0.25) is 0 Å². The predicted molar refractivity (Wildman–Crippen MR) is 169 cm³/mol. The molecule has 1 aromatic heterocycles. The molecule has 10 heteroatoms. The van der Waals surface area contributed by atoms with Gasteiger partial charge in [-0.2, -0.15) is 5.10 Å². The molecule has 8 nitrogen and oxygen atoms in total. The number of amides is 1. The molecule has 43 heavy (non-hydrogen) atoms. The third-order valence-corrected chi connectivity index (χ3v) is 7.72. The summed E-state index contributed by atoms with van der Waals surface area (Å²) in [6.07, 6.45) is 2.02. The molecule has 0 radical (unpaired) electrons. The molecule has 5 rings (SSSR count). The van der Waals surface area contributed by atoms with Crippen molar-refractivity contribution in [3.8, 4) is 11.4 Å². The van der Waals surface area contributed by atoms with E-state index in [9.17, 15) is 9.59 Å². The zero-order valence-electron chi connectivity index (χ0n) is 24.1. The van der Waals surface area contributed by atoms with Gasteiger partial charge in [-0.1, -0.05) is 65.7 Å². The average molecular weight is 620 g/mol. The van der Waals surface area contributed by atoms with E-state index in [1.54, 1.807) is 36.9 Å². The fraction of sp³-hybridized carbons (Fsp3) is 0.242. The Hall–Kier alpha value is -4.11. The van der Waals surface area contributed by atoms with Crippen LogP contribution in [0.2, 0.25) is 10.0 Å². The monoisotopic (exact) mass is 618 g/mol. The summed E-state index contributed by atoms with van der Waals surface area (Å²) in [6, 6.07) is 22.3. The number of carbonyl (C=O) groups excluding carboxylic acids is 2. The normalized spacial score (nSPS) is 14.7. The molecule has 0 saturated carbocycles. The van der Waals surface area contributed by atoms with Gasteiger partial charge in [0.05, 0.1) is 42.7 Å². The Morgan fingerprint density at radius 1 is 1.05 bits per heavy atom. The van der Waals surface area contributed by atoms with Gasteiger partial charge in [-0.25, -0.2) is 4.68 Å². The number of halogens is 2. The highest BCUT2D eigenvalue weighted by molar-refractivity contribution is 6.35. The molecule has 1 N–H and O–H groups in total. The molecule has 3 aromatic carbocycles. The van der Waals surface area contributed by atoms with Gasteiger partial charge in [0.25, 0.3) is 5.91 Å². The van der Waals surface area contributed by atoms with E-state index in [2.05, 4.69) is 5.32 Å². The summed E-state index contributed by atoms with van der Waals surface area (Å²) < 4.78 is 12.3. The van der Waals surface area contributed by atoms with Crippen molar-refractivity contribution in [2.45, 2.75) is 26.4 Å². The van der Waals surface area contributed by atoms with Crippen LogP contribution in [0.4, 0.5) is 0 Å². The minimum absolute atomic E-state index is 0.0571. The second-order valence-electron chi connectivity index (χ2n) is 10.2. The van der Waals surface area contributed by atoms with Crippen molar-refractivity contribution in [2.75, 3.05) is 26.8 Å². The van der Waals surface area contributed by atoms with Gasteiger partial charge in [-0.05, 0) is 67.0 Å². The summed E-state index contributed by atoms with van der Waals surface area (Å²) in [4.78, 5) is 28.4. The lowest BCUT2D eigenvalue weighted by Crippen LogP contribution is -2.36. The van der Waals surface area contributed by atoms with E-state index >= 15 is 0 Å². The van der Waals surface area contributed by atoms with Crippen molar-refractivity contribution in [3.63, 3.8) is 0 Å². The molecular weight excluding hydrogens is 587 g/mol. The van der Waals surface area contributed by atoms with Crippen molar-refractivity contribution in [1.29, 1.82) is 0 Å². The maximum atomic E-state index is 13.9. The fourth-order valence-corrected chi connectivity index (χ4v) is 5.63. The molecule has 1 aliphatic heterocycles. The number of methoxy groups -OCH3 is 1. The summed E-state index contributed by atoms with van der Waals surface area (Å²) in [7, 11) is 1.62. The minimum Gasteiger partial charge on any atom is -0.497 e. The molecule has 1 atom stereocenters. The molecule has 4 aromatic rings. The second-order valence-corrected chi connectivity index (χ2v) is 11.0. The molecule has 1 unspecified atom stereocenters. The first-order chi connectivity index (χ1) is 20.8. The fourth-order valence-electron chi connectivity index (χ4n) is 5.14. The highest BCUT2D eigenvalue weighted by Gasteiger charge is 2.33. The van der Waals surface area contributed by atoms with Gasteiger partial charge in [-0.15, -0.1) is 0 Å². The maximum absolute atomic E-state index is 13.9. The smallest absolute Gasteiger partial charge is 0.320 e. The van der Waals surface area contributed by atoms with Gasteiger partial charge >= 0.3 is 5.97 Å². The van der Waals surface area contributed by atoms with Crippen molar-refractivity contribution >= 4 is 46.7 Å². The van der Waals surface area contributed by atoms with Gasteiger partial charge in [-0.3, -0.25) is 14.5 Å². The first kappa shape index (κ1) is 30.4. The first-order valence-electron chi connectivity index (χ1n) is 13.9. The summed E-state index contributed by atoms with van der Waals surface area (Å²) in [5, 5.41) is 8.81. The molecule has 1 aliphatic rings. The van der Waals surface area contributed by atoms with E-state index < -0.39 is 0 Å². The van der Waals surface area contributed by atoms with Crippen LogP contribution in [-0.2, 0) is 16.1 Å². The van der Waals surface area contributed by atoms with E-state index in [-0.39, 0.29) is 36.8 Å². The van der Waals surface area contributed by atoms with Gasteiger partial charge in [0, 0.05) is 23.7 Å². The van der Waals surface area contributed by atoms with Crippen LogP contribution in [0.15, 0.2) is 72.8 Å². The molecule has 1 amide bonds. The first-order valence-corrected chi connectivity index (χ1v) is 14.7. The van der Waals surface area contributed by atoms with Crippen LogP contribution in [0.5, 0.6) is 5.75 Å². The van der Waals surface area contributed by atoms with E-state index in [0.717, 1.165) is 28.1 Å². The predicted octanol–water partition coefficient (Wildman–Crippen LogP) is 6.60. The number of benzene rings is 3. The number of ether oxygens (including phenoxy) is 2. The van der Waals surface area contributed by atoms with Gasteiger partial charge in [0.1, 0.15) is 5.75 Å². The van der Waals surface area contributed by atoms with Crippen LogP contribution >= 0.6 is 23.2 Å². The summed E-state index contributed by atoms with van der Waals surface area (Å²) >= 11 is 12.9. The van der Waals surface area contributed by atoms with Gasteiger partial charge < -0.3 is 14.8 Å². The largest absolute Gasteiger partial charge is 0.497 e. The topological polar surface area (TPSA) is 85.7 Å².